The summed E-state index contributed by atoms with van der Waals surface area (Å²) in [5.41, 5.74) is 4.65. The summed E-state index contributed by atoms with van der Waals surface area (Å²) in [5, 5.41) is 13.2. The van der Waals surface area contributed by atoms with Crippen molar-refractivity contribution < 1.29 is 62.0 Å². The van der Waals surface area contributed by atoms with Crippen LogP contribution in [0.25, 0.3) is 83.9 Å². The molecule has 4 unspecified atom stereocenters. The normalized spacial score (nSPS) is 18.3. The Morgan fingerprint density at radius 1 is 0.496 bits per heavy atom. The van der Waals surface area contributed by atoms with Gasteiger partial charge in [-0.1, -0.05) is 91.1 Å². The van der Waals surface area contributed by atoms with Gasteiger partial charge in [0.15, 0.2) is 28.6 Å². The smallest absolute Gasteiger partial charge is 0.355 e. The summed E-state index contributed by atoms with van der Waals surface area (Å²) in [6.07, 6.45) is 7.81. The van der Waals surface area contributed by atoms with Crippen molar-refractivity contribution in [2.24, 2.45) is 5.73 Å². The van der Waals surface area contributed by atoms with E-state index < -0.39 is 135 Å². The summed E-state index contributed by atoms with van der Waals surface area (Å²) in [5.74, 6) is -9.97. The number of aromatic hydroxyl groups is 1. The lowest BCUT2D eigenvalue weighted by molar-refractivity contribution is -0.129. The molecule has 0 aliphatic carbocycles. The zero-order chi connectivity index (χ0) is 101. The van der Waals surface area contributed by atoms with E-state index in [0.717, 1.165) is 40.5 Å². The Kier molecular flexibility index (Phi) is 23.9. The number of rotatable bonds is 17. The fourth-order valence-electron chi connectivity index (χ4n) is 15.9. The molecule has 0 bridgehead atoms. The van der Waals surface area contributed by atoms with Crippen LogP contribution in [-0.2, 0) is 19.2 Å². The van der Waals surface area contributed by atoms with Crippen molar-refractivity contribution in [3.8, 4) is 56.6 Å². The van der Waals surface area contributed by atoms with Gasteiger partial charge < -0.3 is 45.6 Å². The largest absolute Gasteiger partial charge is 0.507 e. The van der Waals surface area contributed by atoms with Crippen LogP contribution in [0, 0.1) is 49.9 Å². The number of nitrogens with zero attached hydrogens (tertiary/aromatic N) is 18. The van der Waals surface area contributed by atoms with Gasteiger partial charge in [0, 0.05) is 102 Å². The number of carbonyl (C=O) groups excluding carboxylic acids is 5. The monoisotopic (exact) mass is 1790 g/mol. The number of anilines is 4. The summed E-state index contributed by atoms with van der Waals surface area (Å²) < 4.78 is 151. The first-order chi connectivity index (χ1) is 64.3. The summed E-state index contributed by atoms with van der Waals surface area (Å²) in [7, 11) is 0. The highest BCUT2D eigenvalue weighted by atomic mass is 35.5. The molecule has 0 saturated carbocycles. The van der Waals surface area contributed by atoms with Crippen molar-refractivity contribution in [1.29, 1.82) is 0 Å². The summed E-state index contributed by atoms with van der Waals surface area (Å²) in [4.78, 5) is 151. The van der Waals surface area contributed by atoms with Gasteiger partial charge >= 0.3 is 17.1 Å². The number of amides is 5. The fourth-order valence-corrected chi connectivity index (χ4v) is 16.2. The second-order valence-corrected chi connectivity index (χ2v) is 32.4. The van der Waals surface area contributed by atoms with Crippen LogP contribution in [0.15, 0.2) is 162 Å². The number of nitrogens with one attached hydrogen (secondary N) is 1. The summed E-state index contributed by atoms with van der Waals surface area (Å²) >= 11 is 6.88. The molecular formula is C94H96ClF5N20O9. The average Bonchev–Trinajstić information content (AvgIpc) is 0.676. The fraction of sp³-hybridized carbons (Fsp3) is 0.309. The van der Waals surface area contributed by atoms with E-state index in [4.69, 9.17) is 33.3 Å². The van der Waals surface area contributed by atoms with Gasteiger partial charge in [0.2, 0.25) is 29.5 Å². The number of phenolic OH excluding ortho intramolecular Hbond substituents is 1. The van der Waals surface area contributed by atoms with Crippen molar-refractivity contribution in [1.82, 2.24) is 73.3 Å². The third-order valence-electron chi connectivity index (χ3n) is 22.1. The molecule has 4 N–H and O–H groups in total. The first-order valence-electron chi connectivity index (χ1n) is 44.9. The molecule has 3 saturated heterocycles. The predicted molar refractivity (Wildman–Crippen MR) is 486 cm³/mol. The minimum Gasteiger partial charge on any atom is -0.507 e. The van der Waals surface area contributed by atoms with Gasteiger partial charge in [0.1, 0.15) is 52.0 Å². The molecule has 129 heavy (non-hydrogen) atoms. The molecular weight excluding hydrogens is 1680 g/mol. The Balaban J connectivity index is 0.000000174. The van der Waals surface area contributed by atoms with Crippen LogP contribution in [0.5, 0.6) is 5.75 Å². The summed E-state index contributed by atoms with van der Waals surface area (Å²) in [6.45, 7) is 22.5. The quantitative estimate of drug-likeness (QED) is 0.0563. The molecule has 3 aliphatic rings. The molecule has 29 nitrogen and oxygen atoms in total. The standard InChI is InChI=1S/C33H35ClFN7O3.C32H33F2N7O3.C29H28F2N6O3/c1-8-26(44)40-15-20(6)41(16-19(40)5)31-22-14-23(34)29(27-24(35)10-9-11-25(27)37-21(7)43)38-32(22)42(33(45)39-31)30-18(4)12-13-36-28(30)17(2)3;1-7-24(42)39-14-19(6)40(15-18(39)5)30-21-13-23(34)27(25-20(29(35)43)9-8-10-22(25)33)37-31(21)41(32(44)38-30)28-17(4)11-12-36-26(28)16(2)3;1-5-22(39)35-11-13-36(14-12-35)27-18-15-20(31)25(23-19(30)7-6-8-21(23)38)33-28(18)37(29(40)34-27)26-17(4)9-10-32-24(26)16(2)3/h8-14,17,19-20H,1,15-16H2,2-7H3,(H,37,43);7-13,16,18-19H,1,14-15H2,2-6H3,(H2,35,43);5-10,15-16,38H,1,11-14H2,2-4H3/i;;11D2,12D2,13D2,14D2. The van der Waals surface area contributed by atoms with Crippen LogP contribution < -0.4 is 42.8 Å². The zero-order valence-electron chi connectivity index (χ0n) is 80.7. The Labute approximate surface area is 755 Å². The van der Waals surface area contributed by atoms with Gasteiger partial charge in [-0.2, -0.15) is 15.0 Å². The highest BCUT2D eigenvalue weighted by Crippen LogP contribution is 2.43. The highest BCUT2D eigenvalue weighted by Gasteiger charge is 2.39. The maximum atomic E-state index is 16.1. The molecule has 9 aromatic heterocycles. The van der Waals surface area contributed by atoms with Gasteiger partial charge in [0.05, 0.1) is 99.9 Å². The van der Waals surface area contributed by atoms with Crippen LogP contribution in [0.2, 0.25) is 5.02 Å². The maximum Gasteiger partial charge on any atom is 0.355 e. The SMILES string of the molecule is C=CC(=O)N1CC(C)N(c2nc(=O)n(-c3c(C)ccnc3C(C)C)c3nc(-c4c(F)cccc4C(N)=O)c(F)cc23)CC1C.C=CC(=O)N1CC(C)N(c2nc(=O)n(-c3c(C)ccnc3C(C)C)c3nc(-c4c(F)cccc4NC(C)=O)c(Cl)cc23)CC1C.[2H]C1([2H])N(C(=O)C=C)C([2H])([2H])C([2H])([2H])N(c2nc(=O)n(-c3c(C)ccnc3C(C)C)c3nc(-c4c(O)cccc4F)c(F)cc23)C1([2H])[2H]. The van der Waals surface area contributed by atoms with Crippen molar-refractivity contribution >= 4 is 97.4 Å². The first kappa shape index (κ1) is 81.7. The number of halogens is 6. The van der Waals surface area contributed by atoms with Crippen molar-refractivity contribution in [2.75, 3.05) is 72.2 Å². The minimum atomic E-state index is -3.70. The number of carbonyl (C=O) groups is 5. The van der Waals surface area contributed by atoms with E-state index in [1.54, 1.807) is 74.2 Å². The number of piperazine rings is 3. The average molecular weight is 1790 g/mol. The van der Waals surface area contributed by atoms with Gasteiger partial charge in [-0.05, 0) is 174 Å². The number of pyridine rings is 6. The Morgan fingerprint density at radius 3 is 1.29 bits per heavy atom. The van der Waals surface area contributed by atoms with Crippen molar-refractivity contribution in [2.45, 2.75) is 139 Å². The van der Waals surface area contributed by atoms with Crippen molar-refractivity contribution in [3.05, 3.63) is 252 Å². The molecule has 0 spiro atoms. The lowest BCUT2D eigenvalue weighted by Crippen LogP contribution is -2.58. The van der Waals surface area contributed by atoms with E-state index in [1.165, 1.54) is 64.7 Å². The Bertz CT molecular complexity index is 7170. The molecule has 668 valence electrons. The van der Waals surface area contributed by atoms with E-state index in [2.05, 4.69) is 64.9 Å². The number of aryl methyl sites for hydroxylation is 3. The topological polar surface area (TPSA) is 345 Å². The molecule has 12 heterocycles. The summed E-state index contributed by atoms with van der Waals surface area (Å²) in [6, 6.07) is 18.5. The third-order valence-corrected chi connectivity index (χ3v) is 22.4. The van der Waals surface area contributed by atoms with E-state index in [1.807, 2.05) is 72.1 Å². The van der Waals surface area contributed by atoms with Gasteiger partial charge in [-0.15, -0.1) is 0 Å². The highest BCUT2D eigenvalue weighted by molar-refractivity contribution is 6.34. The number of fused-ring (bicyclic) bond motifs is 3. The van der Waals surface area contributed by atoms with Gasteiger partial charge in [-0.25, -0.2) is 65.0 Å². The second-order valence-electron chi connectivity index (χ2n) is 32.0. The number of hydrogen-bond donors (Lipinski definition) is 3. The second kappa shape index (κ2) is 37.7. The van der Waals surface area contributed by atoms with Gasteiger partial charge in [-0.3, -0.25) is 38.9 Å². The molecule has 3 fully saturated rings. The molecule has 35 heteroatoms. The Hall–Kier alpha value is -14.3. The number of hydrogen-bond acceptors (Lipinski definition) is 21. The predicted octanol–water partition coefficient (Wildman–Crippen LogP) is 14.0. The third kappa shape index (κ3) is 17.9. The van der Waals surface area contributed by atoms with Crippen LogP contribution in [0.1, 0.15) is 149 Å². The molecule has 12 aromatic rings. The molecule has 3 aromatic carbocycles. The number of aromatic nitrogens is 12. The lowest BCUT2D eigenvalue weighted by atomic mass is 10.0. The van der Waals surface area contributed by atoms with E-state index in [9.17, 15) is 43.5 Å². The number of phenols is 1. The number of primary amides is 1. The molecule has 4 atom stereocenters. The van der Waals surface area contributed by atoms with Gasteiger partial charge in [0.25, 0.3) is 0 Å². The number of nitrogens with two attached hydrogens (primary N) is 1. The molecule has 15 rings (SSSR count). The van der Waals surface area contributed by atoms with Crippen molar-refractivity contribution in [3.63, 3.8) is 0 Å². The van der Waals surface area contributed by atoms with Crippen LogP contribution in [0.4, 0.5) is 45.1 Å². The molecule has 0 radical (unpaired) electrons. The van der Waals surface area contributed by atoms with Crippen LogP contribution in [0.3, 0.4) is 0 Å². The zero-order valence-corrected chi connectivity index (χ0v) is 73.5. The van der Waals surface area contributed by atoms with E-state index >= 15 is 22.0 Å². The van der Waals surface area contributed by atoms with E-state index in [-0.39, 0.29) is 126 Å². The molecule has 5 amide bonds. The maximum absolute atomic E-state index is 16.1. The van der Waals surface area contributed by atoms with E-state index in [0.29, 0.717) is 82.6 Å². The Morgan fingerprint density at radius 2 is 0.876 bits per heavy atom. The lowest BCUT2D eigenvalue weighted by Gasteiger charge is -2.44. The number of benzene rings is 3. The first-order valence-corrected chi connectivity index (χ1v) is 41.3. The van der Waals surface area contributed by atoms with Crippen LogP contribution >= 0.6 is 11.6 Å². The minimum absolute atomic E-state index is 0.00229. The van der Waals surface area contributed by atoms with Crippen LogP contribution in [-0.4, -0.2) is 184 Å². The molecule has 3 aliphatic heterocycles.